The average Bonchev–Trinajstić information content (AvgIpc) is 2.19. The quantitative estimate of drug-likeness (QED) is 0.540. The molecular weight excluding hydrogens is 296 g/mol. The van der Waals surface area contributed by atoms with E-state index in [2.05, 4.69) is 0 Å². The number of carbonyl (C=O) groups is 1. The van der Waals surface area contributed by atoms with Gasteiger partial charge in [-0.25, -0.2) is 16.8 Å². The number of hydrogen-bond acceptors (Lipinski definition) is 6. The van der Waals surface area contributed by atoms with Gasteiger partial charge in [0, 0.05) is 19.3 Å². The molecule has 0 aliphatic rings. The fourth-order valence-electron chi connectivity index (χ4n) is 1.16. The molecule has 0 aliphatic carbocycles. The van der Waals surface area contributed by atoms with Crippen molar-refractivity contribution in [2.45, 2.75) is 0 Å². The summed E-state index contributed by atoms with van der Waals surface area (Å²) < 4.78 is 46.6. The van der Waals surface area contributed by atoms with E-state index in [9.17, 15) is 21.6 Å². The van der Waals surface area contributed by atoms with Crippen LogP contribution in [0.2, 0.25) is 0 Å². The maximum Gasteiger partial charge on any atom is 0.318 e. The third kappa shape index (κ3) is 8.92. The smallest absolute Gasteiger partial charge is 0.318 e. The second-order valence-electron chi connectivity index (χ2n) is 4.48. The summed E-state index contributed by atoms with van der Waals surface area (Å²) >= 11 is 0. The van der Waals surface area contributed by atoms with E-state index in [-0.39, 0.29) is 6.54 Å². The van der Waals surface area contributed by atoms with E-state index in [1.165, 1.54) is 0 Å². The number of hydrogen-bond donors (Lipinski definition) is 1. The van der Waals surface area contributed by atoms with Crippen molar-refractivity contribution in [3.63, 3.8) is 0 Å². The molecule has 114 valence electrons. The zero-order chi connectivity index (χ0) is 15.3. The minimum atomic E-state index is -3.90. The number of sulfonamides is 1. The van der Waals surface area contributed by atoms with Crippen LogP contribution in [-0.2, 0) is 24.7 Å². The van der Waals surface area contributed by atoms with Crippen LogP contribution in [0.1, 0.15) is 0 Å². The lowest BCUT2D eigenvalue weighted by Crippen LogP contribution is -2.42. The second-order valence-corrected chi connectivity index (χ2v) is 8.82. The summed E-state index contributed by atoms with van der Waals surface area (Å²) in [6, 6.07) is 0. The van der Waals surface area contributed by atoms with Gasteiger partial charge in [-0.2, -0.15) is 4.31 Å². The molecule has 0 aromatic rings. The van der Waals surface area contributed by atoms with Gasteiger partial charge in [-0.15, -0.1) is 0 Å². The summed E-state index contributed by atoms with van der Waals surface area (Å²) in [5.41, 5.74) is 0. The average molecular weight is 316 g/mol. The highest BCUT2D eigenvalue weighted by Gasteiger charge is 2.25. The first-order valence-corrected chi connectivity index (χ1v) is 9.13. The molecule has 0 heterocycles. The Morgan fingerprint density at radius 3 is 1.95 bits per heavy atom. The number of aliphatic carboxylic acids is 1. The SMILES string of the molecule is CN(C)CCN(CC(=O)O)S(=O)(=O)CCS(C)(=O)=O. The third-order valence-corrected chi connectivity index (χ3v) is 5.24. The Bertz CT molecular complexity index is 497. The van der Waals surface area contributed by atoms with Gasteiger partial charge in [-0.05, 0) is 14.1 Å². The van der Waals surface area contributed by atoms with Crippen LogP contribution in [0.4, 0.5) is 0 Å². The monoisotopic (exact) mass is 316 g/mol. The van der Waals surface area contributed by atoms with Crippen molar-refractivity contribution in [1.82, 2.24) is 9.21 Å². The van der Waals surface area contributed by atoms with E-state index in [0.29, 0.717) is 6.54 Å². The lowest BCUT2D eigenvalue weighted by Gasteiger charge is -2.21. The van der Waals surface area contributed by atoms with Crippen LogP contribution in [-0.4, -0.2) is 88.6 Å². The molecule has 19 heavy (non-hydrogen) atoms. The summed E-state index contributed by atoms with van der Waals surface area (Å²) in [6.45, 7) is -0.309. The van der Waals surface area contributed by atoms with Gasteiger partial charge in [0.2, 0.25) is 10.0 Å². The maximum atomic E-state index is 11.9. The second kappa shape index (κ2) is 7.17. The van der Waals surface area contributed by atoms with Crippen molar-refractivity contribution >= 4 is 25.8 Å². The van der Waals surface area contributed by atoms with Crippen molar-refractivity contribution in [2.75, 3.05) is 51.5 Å². The molecule has 0 fully saturated rings. The van der Waals surface area contributed by atoms with Crippen LogP contribution in [0.15, 0.2) is 0 Å². The van der Waals surface area contributed by atoms with Crippen LogP contribution in [0.3, 0.4) is 0 Å². The molecule has 0 rings (SSSR count). The Morgan fingerprint density at radius 1 is 1.05 bits per heavy atom. The molecule has 1 N–H and O–H groups in total. The summed E-state index contributed by atoms with van der Waals surface area (Å²) in [7, 11) is -3.87. The maximum absolute atomic E-state index is 11.9. The predicted octanol–water partition coefficient (Wildman–Crippen LogP) is -1.69. The Labute approximate surface area is 114 Å². The highest BCUT2D eigenvalue weighted by atomic mass is 32.2. The lowest BCUT2D eigenvalue weighted by molar-refractivity contribution is -0.137. The Morgan fingerprint density at radius 2 is 1.58 bits per heavy atom. The first-order valence-electron chi connectivity index (χ1n) is 5.46. The molecule has 8 nitrogen and oxygen atoms in total. The molecule has 0 saturated carbocycles. The highest BCUT2D eigenvalue weighted by Crippen LogP contribution is 2.03. The van der Waals surface area contributed by atoms with Crippen LogP contribution in [0.25, 0.3) is 0 Å². The van der Waals surface area contributed by atoms with Gasteiger partial charge in [-0.3, -0.25) is 4.79 Å². The molecular formula is C9H20N2O6S2. The zero-order valence-corrected chi connectivity index (χ0v) is 12.9. The van der Waals surface area contributed by atoms with Gasteiger partial charge in [0.25, 0.3) is 0 Å². The summed E-state index contributed by atoms with van der Waals surface area (Å²) in [6.07, 6.45) is 0.934. The van der Waals surface area contributed by atoms with Gasteiger partial charge in [0.1, 0.15) is 16.4 Å². The first kappa shape index (κ1) is 18.3. The minimum absolute atomic E-state index is 0.00535. The topological polar surface area (TPSA) is 112 Å². The van der Waals surface area contributed by atoms with Gasteiger partial charge >= 0.3 is 5.97 Å². The van der Waals surface area contributed by atoms with Gasteiger partial charge < -0.3 is 10.0 Å². The van der Waals surface area contributed by atoms with E-state index in [4.69, 9.17) is 5.11 Å². The van der Waals surface area contributed by atoms with Gasteiger partial charge in [-0.1, -0.05) is 0 Å². The number of sulfone groups is 1. The molecule has 0 aliphatic heterocycles. The summed E-state index contributed by atoms with van der Waals surface area (Å²) in [5, 5.41) is 8.70. The third-order valence-electron chi connectivity index (χ3n) is 2.21. The number of rotatable bonds is 9. The molecule has 0 saturated heterocycles. The highest BCUT2D eigenvalue weighted by molar-refractivity contribution is 7.93. The van der Waals surface area contributed by atoms with Crippen LogP contribution < -0.4 is 0 Å². The first-order chi connectivity index (χ1) is 8.44. The summed E-state index contributed by atoms with van der Waals surface area (Å²) in [5.74, 6) is -2.40. The van der Waals surface area contributed by atoms with Crippen molar-refractivity contribution < 1.29 is 26.7 Å². The fraction of sp³-hybridized carbons (Fsp3) is 0.889. The number of carboxylic acids is 1. The van der Waals surface area contributed by atoms with Crippen LogP contribution in [0, 0.1) is 0 Å². The Hall–Kier alpha value is -0.710. The number of likely N-dealkylation sites (N-methyl/N-ethyl adjacent to an activating group) is 1. The molecule has 0 aromatic heterocycles. The molecule has 0 unspecified atom stereocenters. The molecule has 0 atom stereocenters. The predicted molar refractivity (Wildman–Crippen MR) is 71.3 cm³/mol. The van der Waals surface area contributed by atoms with Crippen molar-refractivity contribution in [3.05, 3.63) is 0 Å². The normalized spacial score (nSPS) is 13.1. The van der Waals surface area contributed by atoms with E-state index in [1.807, 2.05) is 0 Å². The Kier molecular flexibility index (Phi) is 6.91. The van der Waals surface area contributed by atoms with E-state index in [1.54, 1.807) is 19.0 Å². The molecule has 0 bridgehead atoms. The lowest BCUT2D eigenvalue weighted by atomic mass is 10.5. The van der Waals surface area contributed by atoms with E-state index >= 15 is 0 Å². The molecule has 0 radical (unpaired) electrons. The van der Waals surface area contributed by atoms with E-state index < -0.39 is 43.9 Å². The zero-order valence-electron chi connectivity index (χ0n) is 11.2. The Balaban J connectivity index is 4.85. The minimum Gasteiger partial charge on any atom is -0.480 e. The molecule has 0 spiro atoms. The fourth-order valence-corrected chi connectivity index (χ4v) is 4.14. The van der Waals surface area contributed by atoms with Gasteiger partial charge in [0.15, 0.2) is 0 Å². The van der Waals surface area contributed by atoms with E-state index in [0.717, 1.165) is 10.6 Å². The molecule has 10 heteroatoms. The van der Waals surface area contributed by atoms with Crippen molar-refractivity contribution in [1.29, 1.82) is 0 Å². The van der Waals surface area contributed by atoms with Gasteiger partial charge in [0.05, 0.1) is 11.5 Å². The number of carboxylic acid groups (broad SMARTS) is 1. The van der Waals surface area contributed by atoms with Crippen LogP contribution in [0.5, 0.6) is 0 Å². The van der Waals surface area contributed by atoms with Crippen molar-refractivity contribution in [2.24, 2.45) is 0 Å². The number of nitrogens with zero attached hydrogens (tertiary/aromatic N) is 2. The molecule has 0 aromatic carbocycles. The molecule has 0 amide bonds. The summed E-state index contributed by atoms with van der Waals surface area (Å²) in [4.78, 5) is 12.4. The largest absolute Gasteiger partial charge is 0.480 e. The van der Waals surface area contributed by atoms with Crippen molar-refractivity contribution in [3.8, 4) is 0 Å². The standard InChI is InChI=1S/C9H20N2O6S2/c1-10(2)4-5-11(8-9(12)13)19(16,17)7-6-18(3,14)15/h4-8H2,1-3H3,(H,12,13). The van der Waals surface area contributed by atoms with Crippen LogP contribution >= 0.6 is 0 Å².